The molecular weight excluding hydrogens is 310 g/mol. The summed E-state index contributed by atoms with van der Waals surface area (Å²) in [6.07, 6.45) is 5.99. The number of anilines is 1. The topological polar surface area (TPSA) is 54.4 Å². The van der Waals surface area contributed by atoms with Gasteiger partial charge in [0.1, 0.15) is 5.51 Å². The Bertz CT molecular complexity index is 619. The summed E-state index contributed by atoms with van der Waals surface area (Å²) in [5.74, 6) is 0. The summed E-state index contributed by atoms with van der Waals surface area (Å²) in [5, 5.41) is 9.21. The van der Waals surface area contributed by atoms with Crippen molar-refractivity contribution in [2.24, 2.45) is 0 Å². The highest BCUT2D eigenvalue weighted by Crippen LogP contribution is 2.32. The number of rotatable bonds is 3. The van der Waals surface area contributed by atoms with Crippen LogP contribution in [0.1, 0.15) is 18.4 Å². The van der Waals surface area contributed by atoms with E-state index in [0.29, 0.717) is 0 Å². The maximum absolute atomic E-state index is 6.26. The molecule has 23 heavy (non-hydrogen) atoms. The highest BCUT2D eigenvalue weighted by molar-refractivity contribution is 7.13. The predicted molar refractivity (Wildman–Crippen MR) is 89.6 cm³/mol. The molecule has 7 heteroatoms. The standard InChI is InChI=1S/C16H21N5OS/c1-4-16(12-21(7-1)15-19-18-13-23-15)11-20(8-9-22-16)10-14-2-5-17-6-3-14/h2-3,5-6,13H,1,4,7-12H2/t16-/m0/s1. The van der Waals surface area contributed by atoms with Crippen molar-refractivity contribution in [3.63, 3.8) is 0 Å². The molecule has 2 aromatic rings. The molecule has 122 valence electrons. The van der Waals surface area contributed by atoms with Gasteiger partial charge in [0.25, 0.3) is 0 Å². The molecule has 2 fully saturated rings. The second-order valence-electron chi connectivity index (χ2n) is 6.34. The first-order valence-electron chi connectivity index (χ1n) is 8.09. The normalized spacial score (nSPS) is 25.8. The molecule has 0 aliphatic carbocycles. The van der Waals surface area contributed by atoms with Gasteiger partial charge >= 0.3 is 0 Å². The molecular formula is C16H21N5OS. The van der Waals surface area contributed by atoms with Crippen LogP contribution in [0.4, 0.5) is 5.13 Å². The number of ether oxygens (including phenoxy) is 1. The Morgan fingerprint density at radius 3 is 2.96 bits per heavy atom. The molecule has 0 aromatic carbocycles. The third-order valence-corrected chi connectivity index (χ3v) is 5.39. The Labute approximate surface area is 140 Å². The molecule has 0 unspecified atom stereocenters. The lowest BCUT2D eigenvalue weighted by atomic mass is 9.91. The van der Waals surface area contributed by atoms with Gasteiger partial charge in [0, 0.05) is 38.6 Å². The van der Waals surface area contributed by atoms with Crippen LogP contribution in [0.5, 0.6) is 0 Å². The van der Waals surface area contributed by atoms with Crippen molar-refractivity contribution in [2.45, 2.75) is 25.0 Å². The average Bonchev–Trinajstić information content (AvgIpc) is 3.10. The summed E-state index contributed by atoms with van der Waals surface area (Å²) < 4.78 is 6.26. The van der Waals surface area contributed by atoms with Crippen molar-refractivity contribution in [1.29, 1.82) is 0 Å². The Kier molecular flexibility index (Phi) is 4.24. The minimum Gasteiger partial charge on any atom is -0.370 e. The van der Waals surface area contributed by atoms with E-state index in [2.05, 4.69) is 37.1 Å². The van der Waals surface area contributed by atoms with Crippen LogP contribution < -0.4 is 4.90 Å². The second kappa shape index (κ2) is 6.51. The van der Waals surface area contributed by atoms with Crippen LogP contribution in [0.25, 0.3) is 0 Å². The maximum atomic E-state index is 6.26. The molecule has 4 heterocycles. The second-order valence-corrected chi connectivity index (χ2v) is 7.16. The van der Waals surface area contributed by atoms with Crippen LogP contribution in [-0.2, 0) is 11.3 Å². The highest BCUT2D eigenvalue weighted by atomic mass is 32.1. The van der Waals surface area contributed by atoms with E-state index >= 15 is 0 Å². The van der Waals surface area contributed by atoms with E-state index in [-0.39, 0.29) is 5.60 Å². The SMILES string of the molecule is c1cc(CN2CCO[C@@]3(CCCN(c4nncs4)C3)C2)ccn1. The van der Waals surface area contributed by atoms with Gasteiger partial charge in [-0.15, -0.1) is 10.2 Å². The Balaban J connectivity index is 1.45. The minimum absolute atomic E-state index is 0.0742. The quantitative estimate of drug-likeness (QED) is 0.855. The number of hydrogen-bond acceptors (Lipinski definition) is 7. The first-order chi connectivity index (χ1) is 11.3. The van der Waals surface area contributed by atoms with Gasteiger partial charge in [0.05, 0.1) is 18.8 Å². The zero-order chi connectivity index (χ0) is 15.5. The molecule has 1 atom stereocenters. The zero-order valence-corrected chi connectivity index (χ0v) is 13.9. The lowest BCUT2D eigenvalue weighted by Gasteiger charge is -2.48. The molecule has 4 rings (SSSR count). The third kappa shape index (κ3) is 3.36. The highest BCUT2D eigenvalue weighted by Gasteiger charge is 2.41. The van der Waals surface area contributed by atoms with Gasteiger partial charge in [-0.2, -0.15) is 0 Å². The van der Waals surface area contributed by atoms with Crippen LogP contribution in [0.3, 0.4) is 0 Å². The number of hydrogen-bond donors (Lipinski definition) is 0. The monoisotopic (exact) mass is 331 g/mol. The van der Waals surface area contributed by atoms with E-state index in [9.17, 15) is 0 Å². The van der Waals surface area contributed by atoms with Gasteiger partial charge in [-0.1, -0.05) is 11.3 Å². The average molecular weight is 331 g/mol. The van der Waals surface area contributed by atoms with Crippen molar-refractivity contribution < 1.29 is 4.74 Å². The summed E-state index contributed by atoms with van der Waals surface area (Å²) in [4.78, 5) is 8.93. The van der Waals surface area contributed by atoms with Gasteiger partial charge in [0.15, 0.2) is 0 Å². The fraction of sp³-hybridized carbons (Fsp3) is 0.562. The van der Waals surface area contributed by atoms with Crippen LogP contribution in [0.15, 0.2) is 30.0 Å². The lowest BCUT2D eigenvalue weighted by Crippen LogP contribution is -2.59. The lowest BCUT2D eigenvalue weighted by molar-refractivity contribution is -0.116. The predicted octanol–water partition coefficient (Wildman–Crippen LogP) is 1.80. The van der Waals surface area contributed by atoms with E-state index in [0.717, 1.165) is 57.3 Å². The number of nitrogens with zero attached hydrogens (tertiary/aromatic N) is 5. The van der Waals surface area contributed by atoms with E-state index in [1.165, 1.54) is 5.56 Å². The zero-order valence-electron chi connectivity index (χ0n) is 13.1. The number of aromatic nitrogens is 3. The van der Waals surface area contributed by atoms with Crippen LogP contribution in [0, 0.1) is 0 Å². The fourth-order valence-corrected chi connectivity index (χ4v) is 4.21. The summed E-state index contributed by atoms with van der Waals surface area (Å²) in [5.41, 5.74) is 3.04. The van der Waals surface area contributed by atoms with Crippen molar-refractivity contribution in [3.8, 4) is 0 Å². The summed E-state index contributed by atoms with van der Waals surface area (Å²) in [6.45, 7) is 5.69. The van der Waals surface area contributed by atoms with Gasteiger partial charge in [0.2, 0.25) is 5.13 Å². The van der Waals surface area contributed by atoms with E-state index in [1.807, 2.05) is 12.4 Å². The molecule has 0 bridgehead atoms. The van der Waals surface area contributed by atoms with Crippen LogP contribution in [0.2, 0.25) is 0 Å². The molecule has 2 aliphatic rings. The molecule has 1 spiro atoms. The first kappa shape index (κ1) is 15.0. The minimum atomic E-state index is -0.0742. The van der Waals surface area contributed by atoms with Crippen molar-refractivity contribution >= 4 is 16.5 Å². The molecule has 2 saturated heterocycles. The number of morpholine rings is 1. The van der Waals surface area contributed by atoms with Crippen molar-refractivity contribution in [1.82, 2.24) is 20.1 Å². The maximum Gasteiger partial charge on any atom is 0.208 e. The summed E-state index contributed by atoms with van der Waals surface area (Å²) >= 11 is 1.61. The molecule has 0 saturated carbocycles. The van der Waals surface area contributed by atoms with Crippen molar-refractivity contribution in [3.05, 3.63) is 35.6 Å². The van der Waals surface area contributed by atoms with Gasteiger partial charge in [-0.3, -0.25) is 9.88 Å². The fourth-order valence-electron chi connectivity index (χ4n) is 3.62. The van der Waals surface area contributed by atoms with Gasteiger partial charge in [-0.25, -0.2) is 0 Å². The van der Waals surface area contributed by atoms with Gasteiger partial charge < -0.3 is 9.64 Å². The molecule has 0 amide bonds. The molecule has 6 nitrogen and oxygen atoms in total. The first-order valence-corrected chi connectivity index (χ1v) is 8.97. The molecule has 2 aromatic heterocycles. The van der Waals surface area contributed by atoms with Crippen LogP contribution in [-0.4, -0.2) is 58.5 Å². The van der Waals surface area contributed by atoms with E-state index in [4.69, 9.17) is 4.74 Å². The summed E-state index contributed by atoms with van der Waals surface area (Å²) in [6, 6.07) is 4.19. The number of pyridine rings is 1. The Morgan fingerprint density at radius 1 is 1.22 bits per heavy atom. The number of piperidine rings is 1. The van der Waals surface area contributed by atoms with E-state index < -0.39 is 0 Å². The van der Waals surface area contributed by atoms with Crippen LogP contribution >= 0.6 is 11.3 Å². The largest absolute Gasteiger partial charge is 0.370 e. The Hall–Kier alpha value is -1.57. The van der Waals surface area contributed by atoms with Gasteiger partial charge in [-0.05, 0) is 30.5 Å². The van der Waals surface area contributed by atoms with E-state index in [1.54, 1.807) is 16.8 Å². The molecule has 0 radical (unpaired) electrons. The molecule has 2 aliphatic heterocycles. The summed E-state index contributed by atoms with van der Waals surface area (Å²) in [7, 11) is 0. The smallest absolute Gasteiger partial charge is 0.208 e. The van der Waals surface area contributed by atoms with Crippen molar-refractivity contribution in [2.75, 3.05) is 37.7 Å². The molecule has 0 N–H and O–H groups in total. The third-order valence-electron chi connectivity index (χ3n) is 4.64. The Morgan fingerprint density at radius 2 is 2.13 bits per heavy atom.